The molecule has 4 heteroatoms. The molecule has 1 aliphatic carbocycles. The second kappa shape index (κ2) is 4.13. The van der Waals surface area contributed by atoms with Crippen molar-refractivity contribution in [2.45, 2.75) is 32.2 Å². The third-order valence-electron chi connectivity index (χ3n) is 2.70. The average molecular weight is 212 g/mol. The predicted molar refractivity (Wildman–Crippen MR) is 57.5 cm³/mol. The molecular weight excluding hydrogens is 198 g/mol. The van der Waals surface area contributed by atoms with Gasteiger partial charge in [-0.05, 0) is 25.2 Å². The van der Waals surface area contributed by atoms with Gasteiger partial charge in [-0.25, -0.2) is 9.97 Å². The summed E-state index contributed by atoms with van der Waals surface area (Å²) >= 11 is 5.95. The Morgan fingerprint density at radius 1 is 1.50 bits per heavy atom. The van der Waals surface area contributed by atoms with Gasteiger partial charge in [0.1, 0.15) is 17.2 Å². The fraction of sp³-hybridized carbons (Fsp3) is 0.600. The van der Waals surface area contributed by atoms with E-state index < -0.39 is 0 Å². The van der Waals surface area contributed by atoms with E-state index in [1.165, 1.54) is 25.6 Å². The maximum absolute atomic E-state index is 5.95. The predicted octanol–water partition coefficient (Wildman–Crippen LogP) is 2.73. The molecule has 76 valence electrons. The first kappa shape index (κ1) is 9.71. The average Bonchev–Trinajstić information content (AvgIpc) is 2.56. The number of aromatic nitrogens is 2. The van der Waals surface area contributed by atoms with E-state index in [2.05, 4.69) is 22.2 Å². The lowest BCUT2D eigenvalue weighted by molar-refractivity contribution is 0.602. The number of hydrogen-bond donors (Lipinski definition) is 1. The first-order valence-electron chi connectivity index (χ1n) is 4.97. The number of rotatable bonds is 2. The molecule has 0 aromatic carbocycles. The van der Waals surface area contributed by atoms with Crippen molar-refractivity contribution in [3.8, 4) is 0 Å². The highest BCUT2D eigenvalue weighted by atomic mass is 35.5. The summed E-state index contributed by atoms with van der Waals surface area (Å²) in [5.74, 6) is 1.58. The van der Waals surface area contributed by atoms with Gasteiger partial charge in [0.2, 0.25) is 0 Å². The highest BCUT2D eigenvalue weighted by molar-refractivity contribution is 6.32. The summed E-state index contributed by atoms with van der Waals surface area (Å²) in [6.45, 7) is 2.28. The van der Waals surface area contributed by atoms with Gasteiger partial charge in [0.05, 0.1) is 6.20 Å². The Labute approximate surface area is 88.9 Å². The fourth-order valence-corrected chi connectivity index (χ4v) is 2.11. The lowest BCUT2D eigenvalue weighted by atomic mass is 10.1. The Kier molecular flexibility index (Phi) is 2.87. The van der Waals surface area contributed by atoms with Crippen LogP contribution in [0.1, 0.15) is 26.2 Å². The molecule has 0 saturated heterocycles. The van der Waals surface area contributed by atoms with Crippen molar-refractivity contribution in [3.63, 3.8) is 0 Å². The summed E-state index contributed by atoms with van der Waals surface area (Å²) in [7, 11) is 0. The standard InChI is InChI=1S/C10H14ClN3/c1-7-2-3-8(4-7)14-10-9(11)5-12-6-13-10/h5-8H,2-4H2,1H3,(H,12,13,14). The monoisotopic (exact) mass is 211 g/mol. The number of anilines is 1. The molecule has 1 N–H and O–H groups in total. The molecule has 0 radical (unpaired) electrons. The van der Waals surface area contributed by atoms with E-state index in [1.54, 1.807) is 6.20 Å². The molecule has 0 spiro atoms. The van der Waals surface area contributed by atoms with Gasteiger partial charge in [0.15, 0.2) is 0 Å². The second-order valence-electron chi connectivity index (χ2n) is 3.98. The number of nitrogens with one attached hydrogen (secondary N) is 1. The summed E-state index contributed by atoms with van der Waals surface area (Å²) in [5.41, 5.74) is 0. The van der Waals surface area contributed by atoms with E-state index in [4.69, 9.17) is 11.6 Å². The van der Waals surface area contributed by atoms with Crippen LogP contribution in [-0.2, 0) is 0 Å². The Morgan fingerprint density at radius 3 is 3.00 bits per heavy atom. The van der Waals surface area contributed by atoms with Gasteiger partial charge in [-0.15, -0.1) is 0 Å². The van der Waals surface area contributed by atoms with Gasteiger partial charge in [0, 0.05) is 6.04 Å². The van der Waals surface area contributed by atoms with E-state index in [0.717, 1.165) is 11.7 Å². The van der Waals surface area contributed by atoms with Crippen LogP contribution in [0.25, 0.3) is 0 Å². The number of halogens is 1. The molecule has 14 heavy (non-hydrogen) atoms. The van der Waals surface area contributed by atoms with Crippen LogP contribution in [0.4, 0.5) is 5.82 Å². The van der Waals surface area contributed by atoms with Crippen LogP contribution in [0.15, 0.2) is 12.5 Å². The molecule has 2 unspecified atom stereocenters. The molecule has 1 aromatic rings. The van der Waals surface area contributed by atoms with E-state index in [9.17, 15) is 0 Å². The second-order valence-corrected chi connectivity index (χ2v) is 4.39. The van der Waals surface area contributed by atoms with Crippen LogP contribution in [0.3, 0.4) is 0 Å². The largest absolute Gasteiger partial charge is 0.366 e. The zero-order chi connectivity index (χ0) is 9.97. The normalized spacial score (nSPS) is 26.4. The van der Waals surface area contributed by atoms with Crippen molar-refractivity contribution in [3.05, 3.63) is 17.5 Å². The minimum absolute atomic E-state index is 0.525. The van der Waals surface area contributed by atoms with E-state index in [1.807, 2.05) is 0 Å². The smallest absolute Gasteiger partial charge is 0.148 e. The lowest BCUT2D eigenvalue weighted by Gasteiger charge is -2.13. The molecule has 1 saturated carbocycles. The van der Waals surface area contributed by atoms with Gasteiger partial charge >= 0.3 is 0 Å². The maximum atomic E-state index is 5.95. The maximum Gasteiger partial charge on any atom is 0.148 e. The molecule has 3 nitrogen and oxygen atoms in total. The van der Waals surface area contributed by atoms with Crippen molar-refractivity contribution in [1.29, 1.82) is 0 Å². The van der Waals surface area contributed by atoms with Gasteiger partial charge in [0.25, 0.3) is 0 Å². The molecular formula is C10H14ClN3. The molecule has 1 heterocycles. The zero-order valence-electron chi connectivity index (χ0n) is 8.20. The van der Waals surface area contributed by atoms with E-state index in [-0.39, 0.29) is 0 Å². The van der Waals surface area contributed by atoms with E-state index >= 15 is 0 Å². The highest BCUT2D eigenvalue weighted by Crippen LogP contribution is 2.28. The molecule has 0 amide bonds. The summed E-state index contributed by atoms with van der Waals surface area (Å²) in [6, 6.07) is 0.525. The summed E-state index contributed by atoms with van der Waals surface area (Å²) < 4.78 is 0. The molecule has 0 aliphatic heterocycles. The molecule has 1 fully saturated rings. The quantitative estimate of drug-likeness (QED) is 0.818. The van der Waals surface area contributed by atoms with Gasteiger partial charge in [-0.2, -0.15) is 0 Å². The van der Waals surface area contributed by atoms with Crippen LogP contribution < -0.4 is 5.32 Å². The summed E-state index contributed by atoms with van der Waals surface area (Å²) in [4.78, 5) is 7.96. The molecule has 0 bridgehead atoms. The van der Waals surface area contributed by atoms with Crippen LogP contribution in [0.2, 0.25) is 5.02 Å². The van der Waals surface area contributed by atoms with Crippen LogP contribution in [-0.4, -0.2) is 16.0 Å². The van der Waals surface area contributed by atoms with Crippen molar-refractivity contribution in [2.24, 2.45) is 5.92 Å². The first-order chi connectivity index (χ1) is 6.75. The molecule has 1 aliphatic rings. The van der Waals surface area contributed by atoms with Crippen LogP contribution in [0, 0.1) is 5.92 Å². The summed E-state index contributed by atoms with van der Waals surface area (Å²) in [6.07, 6.45) is 6.85. The SMILES string of the molecule is CC1CCC(Nc2ncncc2Cl)C1. The third-order valence-corrected chi connectivity index (χ3v) is 2.98. The minimum Gasteiger partial charge on any atom is -0.366 e. The minimum atomic E-state index is 0.525. The Hall–Kier alpha value is -0.830. The van der Waals surface area contributed by atoms with Crippen LogP contribution in [0.5, 0.6) is 0 Å². The molecule has 2 rings (SSSR count). The summed E-state index contributed by atoms with van der Waals surface area (Å²) in [5, 5.41) is 3.96. The van der Waals surface area contributed by atoms with Gasteiger partial charge in [-0.1, -0.05) is 18.5 Å². The Bertz CT molecular complexity index is 316. The zero-order valence-corrected chi connectivity index (χ0v) is 8.96. The van der Waals surface area contributed by atoms with Crippen molar-refractivity contribution in [2.75, 3.05) is 5.32 Å². The number of hydrogen-bond acceptors (Lipinski definition) is 3. The van der Waals surface area contributed by atoms with Gasteiger partial charge < -0.3 is 5.32 Å². The van der Waals surface area contributed by atoms with Crippen molar-refractivity contribution >= 4 is 17.4 Å². The van der Waals surface area contributed by atoms with Crippen molar-refractivity contribution < 1.29 is 0 Å². The first-order valence-corrected chi connectivity index (χ1v) is 5.35. The third kappa shape index (κ3) is 2.15. The fourth-order valence-electron chi connectivity index (χ4n) is 1.95. The Morgan fingerprint density at radius 2 is 2.36 bits per heavy atom. The highest BCUT2D eigenvalue weighted by Gasteiger charge is 2.21. The molecule has 2 atom stereocenters. The Balaban J connectivity index is 2.01. The molecule has 1 aromatic heterocycles. The van der Waals surface area contributed by atoms with E-state index in [0.29, 0.717) is 11.1 Å². The van der Waals surface area contributed by atoms with Crippen molar-refractivity contribution in [1.82, 2.24) is 9.97 Å². The van der Waals surface area contributed by atoms with Gasteiger partial charge in [-0.3, -0.25) is 0 Å². The lowest BCUT2D eigenvalue weighted by Crippen LogP contribution is -2.16. The topological polar surface area (TPSA) is 37.8 Å². The van der Waals surface area contributed by atoms with Crippen LogP contribution >= 0.6 is 11.6 Å². The number of nitrogens with zero attached hydrogens (tertiary/aromatic N) is 2.